The Morgan fingerprint density at radius 3 is 2.45 bits per heavy atom. The highest BCUT2D eigenvalue weighted by Gasteiger charge is 2.31. The molecule has 1 aromatic carbocycles. The van der Waals surface area contributed by atoms with Crippen LogP contribution in [-0.2, 0) is 19.2 Å². The number of hydrogen-bond acceptors (Lipinski definition) is 11. The Labute approximate surface area is 243 Å². The molecule has 2 aliphatic heterocycles. The Morgan fingerprint density at radius 2 is 1.79 bits per heavy atom. The molecule has 0 aliphatic carbocycles. The SMILES string of the molecule is CCOC(=O)ON1CCN(C(=O)[C@H](CCC(=O)O)NC(=O)c2cc(OC3CCNCC3)nc(-c3ccccc3)n2)CC1. The van der Waals surface area contributed by atoms with E-state index in [2.05, 4.69) is 20.6 Å². The third-order valence-corrected chi connectivity index (χ3v) is 6.81. The van der Waals surface area contributed by atoms with Gasteiger partial charge in [0, 0.05) is 31.1 Å². The largest absolute Gasteiger partial charge is 0.527 e. The number of nitrogens with one attached hydrogen (secondary N) is 2. The maximum Gasteiger partial charge on any atom is 0.527 e. The second-order valence-electron chi connectivity index (χ2n) is 9.84. The smallest absolute Gasteiger partial charge is 0.481 e. The van der Waals surface area contributed by atoms with Gasteiger partial charge in [-0.1, -0.05) is 30.3 Å². The molecule has 0 saturated carbocycles. The summed E-state index contributed by atoms with van der Waals surface area (Å²) >= 11 is 0. The minimum absolute atomic E-state index is 0.00596. The molecular weight excluding hydrogens is 548 g/mol. The third-order valence-electron chi connectivity index (χ3n) is 6.81. The maximum atomic E-state index is 13.5. The lowest BCUT2D eigenvalue weighted by Gasteiger charge is -2.35. The third kappa shape index (κ3) is 8.85. The zero-order valence-electron chi connectivity index (χ0n) is 23.5. The summed E-state index contributed by atoms with van der Waals surface area (Å²) in [6, 6.07) is 9.47. The van der Waals surface area contributed by atoms with Crippen LogP contribution in [0.4, 0.5) is 4.79 Å². The number of piperidine rings is 1. The Hall–Kier alpha value is -4.30. The number of piperazine rings is 1. The van der Waals surface area contributed by atoms with Crippen LogP contribution in [0.25, 0.3) is 11.4 Å². The molecule has 3 heterocycles. The van der Waals surface area contributed by atoms with E-state index < -0.39 is 30.0 Å². The van der Waals surface area contributed by atoms with Crippen LogP contribution in [-0.4, -0.2) is 107 Å². The quantitative estimate of drug-likeness (QED) is 0.325. The van der Waals surface area contributed by atoms with Gasteiger partial charge in [0.15, 0.2) is 5.82 Å². The molecule has 1 aromatic heterocycles. The van der Waals surface area contributed by atoms with Gasteiger partial charge in [0.2, 0.25) is 11.8 Å². The van der Waals surface area contributed by atoms with Gasteiger partial charge in [0.25, 0.3) is 5.91 Å². The fourth-order valence-corrected chi connectivity index (χ4v) is 4.63. The Bertz CT molecular complexity index is 1230. The van der Waals surface area contributed by atoms with Crippen LogP contribution in [0.2, 0.25) is 0 Å². The number of aromatic nitrogens is 2. The molecule has 0 radical (unpaired) electrons. The van der Waals surface area contributed by atoms with Gasteiger partial charge >= 0.3 is 12.1 Å². The van der Waals surface area contributed by atoms with Crippen molar-refractivity contribution in [1.29, 1.82) is 0 Å². The zero-order chi connectivity index (χ0) is 29.9. The number of amides is 2. The number of hydrogen-bond donors (Lipinski definition) is 3. The molecule has 2 fully saturated rings. The van der Waals surface area contributed by atoms with Crippen molar-refractivity contribution < 1.29 is 38.6 Å². The van der Waals surface area contributed by atoms with Crippen LogP contribution in [0, 0.1) is 0 Å². The molecule has 226 valence electrons. The minimum Gasteiger partial charge on any atom is -0.481 e. The first-order valence-electron chi connectivity index (χ1n) is 14.1. The number of benzene rings is 1. The number of carbonyl (C=O) groups excluding carboxylic acids is 3. The summed E-state index contributed by atoms with van der Waals surface area (Å²) in [4.78, 5) is 65.4. The number of rotatable bonds is 11. The average Bonchev–Trinajstić information content (AvgIpc) is 3.00. The molecule has 0 bridgehead atoms. The van der Waals surface area contributed by atoms with E-state index in [9.17, 15) is 24.3 Å². The van der Waals surface area contributed by atoms with Crippen molar-refractivity contribution in [3.63, 3.8) is 0 Å². The number of ether oxygens (including phenoxy) is 2. The van der Waals surface area contributed by atoms with E-state index in [0.717, 1.165) is 25.9 Å². The summed E-state index contributed by atoms with van der Waals surface area (Å²) in [5.41, 5.74) is 0.678. The van der Waals surface area contributed by atoms with Crippen molar-refractivity contribution >= 4 is 23.9 Å². The van der Waals surface area contributed by atoms with Crippen molar-refractivity contribution in [2.45, 2.75) is 44.8 Å². The predicted octanol–water partition coefficient (Wildman–Crippen LogP) is 1.47. The molecular formula is C28H36N6O8. The first-order valence-corrected chi connectivity index (χ1v) is 14.1. The molecule has 2 aromatic rings. The van der Waals surface area contributed by atoms with Crippen LogP contribution in [0.1, 0.15) is 43.1 Å². The van der Waals surface area contributed by atoms with Crippen molar-refractivity contribution in [3.05, 3.63) is 42.1 Å². The van der Waals surface area contributed by atoms with Crippen LogP contribution in [0.3, 0.4) is 0 Å². The molecule has 14 heteroatoms. The number of carbonyl (C=O) groups is 4. The van der Waals surface area contributed by atoms with E-state index in [1.165, 1.54) is 16.0 Å². The van der Waals surface area contributed by atoms with Crippen molar-refractivity contribution in [2.75, 3.05) is 45.9 Å². The normalized spacial score (nSPS) is 16.7. The fraction of sp³-hybridized carbons (Fsp3) is 0.500. The lowest BCUT2D eigenvalue weighted by Crippen LogP contribution is -2.55. The second kappa shape index (κ2) is 15.1. The zero-order valence-corrected chi connectivity index (χ0v) is 23.5. The van der Waals surface area contributed by atoms with Crippen LogP contribution in [0.5, 0.6) is 5.88 Å². The van der Waals surface area contributed by atoms with Gasteiger partial charge in [-0.2, -0.15) is 4.98 Å². The average molecular weight is 585 g/mol. The Morgan fingerprint density at radius 1 is 1.07 bits per heavy atom. The molecule has 3 N–H and O–H groups in total. The van der Waals surface area contributed by atoms with E-state index in [-0.39, 0.29) is 63.3 Å². The topological polar surface area (TPSA) is 173 Å². The molecule has 14 nitrogen and oxygen atoms in total. The number of carboxylic acid groups (broad SMARTS) is 1. The van der Waals surface area contributed by atoms with Crippen molar-refractivity contribution in [2.24, 2.45) is 0 Å². The lowest BCUT2D eigenvalue weighted by molar-refractivity contribution is -0.157. The number of hydroxylamine groups is 2. The van der Waals surface area contributed by atoms with Gasteiger partial charge in [-0.3, -0.25) is 14.4 Å². The van der Waals surface area contributed by atoms with Crippen LogP contribution in [0.15, 0.2) is 36.4 Å². The van der Waals surface area contributed by atoms with Gasteiger partial charge in [-0.05, 0) is 39.3 Å². The van der Waals surface area contributed by atoms with Crippen LogP contribution >= 0.6 is 0 Å². The van der Waals surface area contributed by atoms with E-state index in [1.807, 2.05) is 30.3 Å². The van der Waals surface area contributed by atoms with Gasteiger partial charge in [0.1, 0.15) is 17.8 Å². The Kier molecular flexibility index (Phi) is 11.0. The monoisotopic (exact) mass is 584 g/mol. The lowest BCUT2D eigenvalue weighted by atomic mass is 10.1. The molecule has 1 atom stereocenters. The molecule has 4 rings (SSSR count). The van der Waals surface area contributed by atoms with E-state index >= 15 is 0 Å². The molecule has 0 spiro atoms. The summed E-state index contributed by atoms with van der Waals surface area (Å²) < 4.78 is 10.9. The summed E-state index contributed by atoms with van der Waals surface area (Å²) in [5, 5.41) is 16.6. The van der Waals surface area contributed by atoms with Gasteiger partial charge < -0.3 is 35.0 Å². The van der Waals surface area contributed by atoms with Crippen molar-refractivity contribution in [3.8, 4) is 17.3 Å². The number of carboxylic acids is 1. The van der Waals surface area contributed by atoms with Gasteiger partial charge in [0.05, 0.1) is 19.7 Å². The standard InChI is InChI=1S/C28H36N6O8/c1-2-40-28(39)42-34-16-14-33(15-17-34)27(38)21(8-9-24(35)36)31-26(37)22-18-23(41-20-10-12-29-13-11-20)32-25(30-22)19-6-4-3-5-7-19/h3-7,18,20-21,29H,2,8-17H2,1H3,(H,31,37)(H,35,36)/t21-/m0/s1. The highest BCUT2D eigenvalue weighted by atomic mass is 16.8. The highest BCUT2D eigenvalue weighted by Crippen LogP contribution is 2.22. The predicted molar refractivity (Wildman–Crippen MR) is 148 cm³/mol. The first kappa shape index (κ1) is 30.7. The first-order chi connectivity index (χ1) is 20.3. The Balaban J connectivity index is 1.49. The van der Waals surface area contributed by atoms with E-state index in [0.29, 0.717) is 11.4 Å². The second-order valence-corrected chi connectivity index (χ2v) is 9.84. The van der Waals surface area contributed by atoms with E-state index in [4.69, 9.17) is 14.3 Å². The summed E-state index contributed by atoms with van der Waals surface area (Å²) in [7, 11) is 0. The molecule has 2 aliphatic rings. The summed E-state index contributed by atoms with van der Waals surface area (Å²) in [6.07, 6.45) is 0.232. The fourth-order valence-electron chi connectivity index (χ4n) is 4.63. The number of aliphatic carboxylic acids is 1. The number of nitrogens with zero attached hydrogens (tertiary/aromatic N) is 4. The van der Waals surface area contributed by atoms with E-state index in [1.54, 1.807) is 6.92 Å². The minimum atomic E-state index is -1.12. The maximum absolute atomic E-state index is 13.5. The van der Waals surface area contributed by atoms with Crippen LogP contribution < -0.4 is 15.4 Å². The molecule has 2 saturated heterocycles. The van der Waals surface area contributed by atoms with Crippen molar-refractivity contribution in [1.82, 2.24) is 30.6 Å². The van der Waals surface area contributed by atoms with Gasteiger partial charge in [-0.15, -0.1) is 5.06 Å². The molecule has 42 heavy (non-hydrogen) atoms. The highest BCUT2D eigenvalue weighted by molar-refractivity contribution is 5.96. The van der Waals surface area contributed by atoms with Gasteiger partial charge in [-0.25, -0.2) is 9.78 Å². The summed E-state index contributed by atoms with van der Waals surface area (Å²) in [6.45, 7) is 4.33. The molecule has 0 unspecified atom stereocenters. The summed E-state index contributed by atoms with van der Waals surface area (Å²) in [5.74, 6) is -1.66. The molecule has 2 amide bonds.